The van der Waals surface area contributed by atoms with Gasteiger partial charge in [-0.25, -0.2) is 4.98 Å². The Balaban J connectivity index is 2.07. The first-order valence-electron chi connectivity index (χ1n) is 4.43. The Morgan fingerprint density at radius 3 is 2.69 bits per heavy atom. The van der Waals surface area contributed by atoms with Crippen molar-refractivity contribution in [3.8, 4) is 0 Å². The highest BCUT2D eigenvalue weighted by atomic mass is 32.1. The average molecular weight is 199 g/mol. The maximum Gasteiger partial charge on any atom is 0.205 e. The van der Waals surface area contributed by atoms with E-state index in [1.165, 1.54) is 11.5 Å². The molecule has 0 aromatic carbocycles. The van der Waals surface area contributed by atoms with Gasteiger partial charge >= 0.3 is 0 Å². The Morgan fingerprint density at radius 2 is 2.15 bits per heavy atom. The van der Waals surface area contributed by atoms with Crippen LogP contribution in [0.15, 0.2) is 6.33 Å². The maximum atomic E-state index is 5.63. The van der Waals surface area contributed by atoms with Gasteiger partial charge in [-0.05, 0) is 13.8 Å². The number of hydrogen-bond donors (Lipinski definition) is 0. The van der Waals surface area contributed by atoms with Crippen LogP contribution in [0.1, 0.15) is 13.8 Å². The summed E-state index contributed by atoms with van der Waals surface area (Å²) in [6, 6.07) is 0. The zero-order chi connectivity index (χ0) is 9.26. The third-order valence-corrected chi connectivity index (χ3v) is 2.77. The van der Waals surface area contributed by atoms with Crippen molar-refractivity contribution in [1.82, 2.24) is 9.36 Å². The van der Waals surface area contributed by atoms with Gasteiger partial charge in [-0.2, -0.15) is 4.37 Å². The van der Waals surface area contributed by atoms with Crippen LogP contribution >= 0.6 is 11.5 Å². The zero-order valence-electron chi connectivity index (χ0n) is 7.80. The largest absolute Gasteiger partial charge is 0.372 e. The fraction of sp³-hybridized carbons (Fsp3) is 0.750. The van der Waals surface area contributed by atoms with E-state index in [1.54, 1.807) is 6.33 Å². The second-order valence-corrected chi connectivity index (χ2v) is 4.14. The minimum atomic E-state index is 0.285. The summed E-state index contributed by atoms with van der Waals surface area (Å²) in [6.07, 6.45) is 2.17. The fourth-order valence-corrected chi connectivity index (χ4v) is 2.19. The Kier molecular flexibility index (Phi) is 2.46. The smallest absolute Gasteiger partial charge is 0.205 e. The molecule has 1 aromatic rings. The Bertz CT molecular complexity index is 254. The molecule has 1 aliphatic heterocycles. The van der Waals surface area contributed by atoms with Gasteiger partial charge in [0, 0.05) is 24.6 Å². The van der Waals surface area contributed by atoms with E-state index >= 15 is 0 Å². The molecule has 2 heterocycles. The second-order valence-electron chi connectivity index (χ2n) is 3.39. The van der Waals surface area contributed by atoms with Gasteiger partial charge in [0.05, 0.1) is 12.2 Å². The van der Waals surface area contributed by atoms with Gasteiger partial charge < -0.3 is 9.64 Å². The topological polar surface area (TPSA) is 38.2 Å². The molecule has 1 aromatic heterocycles. The van der Waals surface area contributed by atoms with Crippen LogP contribution in [0.2, 0.25) is 0 Å². The summed E-state index contributed by atoms with van der Waals surface area (Å²) < 4.78 is 9.62. The molecule has 0 bridgehead atoms. The van der Waals surface area contributed by atoms with E-state index in [1.807, 2.05) is 0 Å². The summed E-state index contributed by atoms with van der Waals surface area (Å²) in [5, 5.41) is 1.00. The quantitative estimate of drug-likeness (QED) is 0.680. The summed E-state index contributed by atoms with van der Waals surface area (Å²) in [4.78, 5) is 6.42. The highest BCUT2D eigenvalue weighted by Gasteiger charge is 2.23. The first-order chi connectivity index (χ1) is 6.25. The van der Waals surface area contributed by atoms with E-state index < -0.39 is 0 Å². The highest BCUT2D eigenvalue weighted by Crippen LogP contribution is 2.20. The van der Waals surface area contributed by atoms with Crippen molar-refractivity contribution in [2.24, 2.45) is 0 Å². The zero-order valence-corrected chi connectivity index (χ0v) is 8.62. The fourth-order valence-electron chi connectivity index (χ4n) is 1.64. The number of aromatic nitrogens is 2. The van der Waals surface area contributed by atoms with Crippen molar-refractivity contribution in [2.75, 3.05) is 18.0 Å². The first-order valence-corrected chi connectivity index (χ1v) is 5.20. The number of ether oxygens (including phenoxy) is 1. The molecule has 4 nitrogen and oxygen atoms in total. The molecule has 0 N–H and O–H groups in total. The van der Waals surface area contributed by atoms with E-state index in [9.17, 15) is 0 Å². The molecule has 0 spiro atoms. The van der Waals surface area contributed by atoms with Crippen molar-refractivity contribution in [2.45, 2.75) is 26.1 Å². The van der Waals surface area contributed by atoms with Crippen molar-refractivity contribution in [3.63, 3.8) is 0 Å². The van der Waals surface area contributed by atoms with Crippen molar-refractivity contribution in [1.29, 1.82) is 0 Å². The second kappa shape index (κ2) is 3.59. The molecule has 5 heteroatoms. The molecular formula is C8H13N3OS. The maximum absolute atomic E-state index is 5.63. The molecule has 0 aliphatic carbocycles. The van der Waals surface area contributed by atoms with Crippen molar-refractivity contribution >= 4 is 16.7 Å². The standard InChI is InChI=1S/C8H13N3OS/c1-6-3-11(4-7(2)12-6)8-9-5-10-13-8/h5-7H,3-4H2,1-2H3. The van der Waals surface area contributed by atoms with E-state index in [0.29, 0.717) is 0 Å². The van der Waals surface area contributed by atoms with Crippen LogP contribution in [0, 0.1) is 0 Å². The molecule has 1 aliphatic rings. The van der Waals surface area contributed by atoms with E-state index in [4.69, 9.17) is 4.74 Å². The minimum absolute atomic E-state index is 0.285. The Morgan fingerprint density at radius 1 is 1.46 bits per heavy atom. The SMILES string of the molecule is CC1CN(c2ncns2)CC(C)O1. The van der Waals surface area contributed by atoms with E-state index in [0.717, 1.165) is 18.2 Å². The third kappa shape index (κ3) is 1.97. The molecule has 2 atom stereocenters. The molecular weight excluding hydrogens is 186 g/mol. The Labute approximate surface area is 81.7 Å². The van der Waals surface area contributed by atoms with E-state index in [2.05, 4.69) is 28.1 Å². The molecule has 0 radical (unpaired) electrons. The van der Waals surface area contributed by atoms with E-state index in [-0.39, 0.29) is 12.2 Å². The first kappa shape index (κ1) is 8.90. The van der Waals surface area contributed by atoms with Crippen molar-refractivity contribution in [3.05, 3.63) is 6.33 Å². The predicted molar refractivity (Wildman–Crippen MR) is 52.1 cm³/mol. The van der Waals surface area contributed by atoms with Crippen LogP contribution < -0.4 is 4.90 Å². The monoisotopic (exact) mass is 199 g/mol. The van der Waals surface area contributed by atoms with Gasteiger partial charge in [-0.15, -0.1) is 0 Å². The minimum Gasteiger partial charge on any atom is -0.372 e. The summed E-state index contributed by atoms with van der Waals surface area (Å²) in [5.41, 5.74) is 0. The molecule has 1 fully saturated rings. The Hall–Kier alpha value is -0.680. The van der Waals surface area contributed by atoms with Crippen molar-refractivity contribution < 1.29 is 4.74 Å². The number of hydrogen-bond acceptors (Lipinski definition) is 5. The number of rotatable bonds is 1. The van der Waals surface area contributed by atoms with Gasteiger partial charge in [0.25, 0.3) is 0 Å². The number of anilines is 1. The summed E-state index contributed by atoms with van der Waals surface area (Å²) in [6.45, 7) is 6.01. The number of nitrogens with zero attached hydrogens (tertiary/aromatic N) is 3. The lowest BCUT2D eigenvalue weighted by atomic mass is 10.2. The molecule has 0 amide bonds. The highest BCUT2D eigenvalue weighted by molar-refractivity contribution is 7.09. The molecule has 72 valence electrons. The lowest BCUT2D eigenvalue weighted by Gasteiger charge is -2.34. The molecule has 1 saturated heterocycles. The predicted octanol–water partition coefficient (Wildman–Crippen LogP) is 1.15. The summed E-state index contributed by atoms with van der Waals surface area (Å²) in [5.74, 6) is 0. The molecule has 13 heavy (non-hydrogen) atoms. The molecule has 0 saturated carbocycles. The average Bonchev–Trinajstić information content (AvgIpc) is 2.53. The van der Waals surface area contributed by atoms with Crippen LogP contribution in [-0.2, 0) is 4.74 Å². The van der Waals surface area contributed by atoms with Crippen LogP contribution in [0.3, 0.4) is 0 Å². The van der Waals surface area contributed by atoms with Gasteiger partial charge in [0.15, 0.2) is 0 Å². The lowest BCUT2D eigenvalue weighted by Crippen LogP contribution is -2.45. The molecule has 2 rings (SSSR count). The molecule has 2 unspecified atom stereocenters. The number of morpholine rings is 1. The summed E-state index contributed by atoms with van der Waals surface area (Å²) >= 11 is 1.44. The van der Waals surface area contributed by atoms with Crippen LogP contribution in [-0.4, -0.2) is 34.7 Å². The van der Waals surface area contributed by atoms with Gasteiger partial charge in [0.1, 0.15) is 6.33 Å². The van der Waals surface area contributed by atoms with Gasteiger partial charge in [-0.3, -0.25) is 0 Å². The van der Waals surface area contributed by atoms with Gasteiger partial charge in [0.2, 0.25) is 5.13 Å². The normalized spacial score (nSPS) is 29.2. The van der Waals surface area contributed by atoms with Crippen LogP contribution in [0.25, 0.3) is 0 Å². The summed E-state index contributed by atoms with van der Waals surface area (Å²) in [7, 11) is 0. The van der Waals surface area contributed by atoms with Crippen LogP contribution in [0.5, 0.6) is 0 Å². The van der Waals surface area contributed by atoms with Gasteiger partial charge in [-0.1, -0.05) is 0 Å². The lowest BCUT2D eigenvalue weighted by molar-refractivity contribution is -0.00522. The third-order valence-electron chi connectivity index (χ3n) is 2.04. The van der Waals surface area contributed by atoms with Crippen LogP contribution in [0.4, 0.5) is 5.13 Å².